The van der Waals surface area contributed by atoms with Gasteiger partial charge in [0.05, 0.1) is 6.61 Å². The molecule has 0 aliphatic heterocycles. The lowest BCUT2D eigenvalue weighted by molar-refractivity contribution is -0.133. The Morgan fingerprint density at radius 3 is 2.41 bits per heavy atom. The maximum Gasteiger partial charge on any atom is 0.279 e. The normalized spacial score (nSPS) is 11.2. The van der Waals surface area contributed by atoms with Crippen molar-refractivity contribution >= 4 is 23.4 Å². The second-order valence-corrected chi connectivity index (χ2v) is 5.86. The zero-order valence-electron chi connectivity index (χ0n) is 15.0. The van der Waals surface area contributed by atoms with Gasteiger partial charge in [0.1, 0.15) is 5.75 Å². The summed E-state index contributed by atoms with van der Waals surface area (Å²) in [5.74, 6) is 0.397. The molecule has 144 valence electrons. The molecule has 2 amide bonds. The summed E-state index contributed by atoms with van der Waals surface area (Å²) in [5, 5.41) is 0.498. The van der Waals surface area contributed by atoms with E-state index < -0.39 is 17.9 Å². The van der Waals surface area contributed by atoms with Crippen molar-refractivity contribution in [3.8, 4) is 17.2 Å². The van der Waals surface area contributed by atoms with Crippen LogP contribution in [0.1, 0.15) is 13.8 Å². The SMILES string of the molecule is CCOc1ccccc1OCC(=O)NNC(=O)C(C)Oc1cccc(Cl)c1. The van der Waals surface area contributed by atoms with Gasteiger partial charge in [0.15, 0.2) is 24.2 Å². The zero-order chi connectivity index (χ0) is 19.6. The smallest absolute Gasteiger partial charge is 0.279 e. The summed E-state index contributed by atoms with van der Waals surface area (Å²) in [6.45, 7) is 3.60. The van der Waals surface area contributed by atoms with Gasteiger partial charge in [-0.05, 0) is 44.2 Å². The van der Waals surface area contributed by atoms with E-state index in [1.165, 1.54) is 0 Å². The molecular formula is C19H21ClN2O5. The highest BCUT2D eigenvalue weighted by Crippen LogP contribution is 2.26. The minimum atomic E-state index is -0.830. The lowest BCUT2D eigenvalue weighted by atomic mass is 10.3. The molecule has 0 bridgehead atoms. The second kappa shape index (κ2) is 10.3. The summed E-state index contributed by atoms with van der Waals surface area (Å²) in [6, 6.07) is 13.7. The van der Waals surface area contributed by atoms with E-state index >= 15 is 0 Å². The van der Waals surface area contributed by atoms with Crippen molar-refractivity contribution < 1.29 is 23.8 Å². The number of carbonyl (C=O) groups is 2. The third-order valence-electron chi connectivity index (χ3n) is 3.31. The Balaban J connectivity index is 1.77. The van der Waals surface area contributed by atoms with Crippen LogP contribution in [-0.4, -0.2) is 31.1 Å². The maximum absolute atomic E-state index is 12.0. The first-order chi connectivity index (χ1) is 13.0. The molecule has 2 rings (SSSR count). The highest BCUT2D eigenvalue weighted by molar-refractivity contribution is 6.30. The van der Waals surface area contributed by atoms with Gasteiger partial charge in [0, 0.05) is 5.02 Å². The Kier molecular flexibility index (Phi) is 7.76. The molecule has 0 radical (unpaired) electrons. The number of halogens is 1. The first kappa shape index (κ1) is 20.4. The topological polar surface area (TPSA) is 85.9 Å². The number of nitrogens with one attached hydrogen (secondary N) is 2. The standard InChI is InChI=1S/C19H21ClN2O5/c1-3-25-16-9-4-5-10-17(16)26-12-18(23)21-22-19(24)13(2)27-15-8-6-7-14(20)11-15/h4-11,13H,3,12H2,1-2H3,(H,21,23)(H,22,24). The van der Waals surface area contributed by atoms with Crippen LogP contribution in [0.3, 0.4) is 0 Å². The van der Waals surface area contributed by atoms with Gasteiger partial charge in [-0.3, -0.25) is 20.4 Å². The summed E-state index contributed by atoms with van der Waals surface area (Å²) in [7, 11) is 0. The van der Waals surface area contributed by atoms with E-state index in [0.29, 0.717) is 28.9 Å². The van der Waals surface area contributed by atoms with Crippen LogP contribution in [0.5, 0.6) is 17.2 Å². The molecular weight excluding hydrogens is 372 g/mol. The molecule has 0 heterocycles. The first-order valence-electron chi connectivity index (χ1n) is 8.35. The van der Waals surface area contributed by atoms with E-state index in [2.05, 4.69) is 10.9 Å². The van der Waals surface area contributed by atoms with E-state index in [9.17, 15) is 9.59 Å². The van der Waals surface area contributed by atoms with Crippen molar-refractivity contribution in [2.75, 3.05) is 13.2 Å². The molecule has 0 aliphatic rings. The molecule has 0 fully saturated rings. The van der Waals surface area contributed by atoms with Crippen molar-refractivity contribution in [2.24, 2.45) is 0 Å². The van der Waals surface area contributed by atoms with Crippen LogP contribution in [0, 0.1) is 0 Å². The molecule has 0 aliphatic carbocycles. The van der Waals surface area contributed by atoms with Gasteiger partial charge >= 0.3 is 0 Å². The van der Waals surface area contributed by atoms with Crippen molar-refractivity contribution in [2.45, 2.75) is 20.0 Å². The number of hydrazine groups is 1. The van der Waals surface area contributed by atoms with Gasteiger partial charge in [-0.15, -0.1) is 0 Å². The quantitative estimate of drug-likeness (QED) is 0.674. The molecule has 1 unspecified atom stereocenters. The van der Waals surface area contributed by atoms with E-state index in [4.69, 9.17) is 25.8 Å². The molecule has 0 saturated carbocycles. The van der Waals surface area contributed by atoms with Crippen LogP contribution in [0.15, 0.2) is 48.5 Å². The molecule has 2 aromatic carbocycles. The number of hydrogen-bond acceptors (Lipinski definition) is 5. The Bertz CT molecular complexity index is 784. The number of rotatable bonds is 8. The van der Waals surface area contributed by atoms with Crippen LogP contribution in [0.25, 0.3) is 0 Å². The summed E-state index contributed by atoms with van der Waals surface area (Å²) < 4.78 is 16.3. The number of amides is 2. The molecule has 2 N–H and O–H groups in total. The fourth-order valence-electron chi connectivity index (χ4n) is 2.05. The third kappa shape index (κ3) is 6.71. The van der Waals surface area contributed by atoms with Gasteiger partial charge in [0.25, 0.3) is 11.8 Å². The number of carbonyl (C=O) groups excluding carboxylic acids is 2. The van der Waals surface area contributed by atoms with E-state index in [1.807, 2.05) is 6.92 Å². The first-order valence-corrected chi connectivity index (χ1v) is 8.73. The molecule has 0 saturated heterocycles. The monoisotopic (exact) mass is 392 g/mol. The molecule has 2 aromatic rings. The number of benzene rings is 2. The van der Waals surface area contributed by atoms with Gasteiger partial charge in [0.2, 0.25) is 0 Å². The van der Waals surface area contributed by atoms with Gasteiger partial charge in [-0.2, -0.15) is 0 Å². The maximum atomic E-state index is 12.0. The largest absolute Gasteiger partial charge is 0.490 e. The van der Waals surface area contributed by atoms with E-state index in [0.717, 1.165) is 0 Å². The highest BCUT2D eigenvalue weighted by atomic mass is 35.5. The molecule has 7 nitrogen and oxygen atoms in total. The predicted octanol–water partition coefficient (Wildman–Crippen LogP) is 2.73. The fourth-order valence-corrected chi connectivity index (χ4v) is 2.23. The molecule has 0 aromatic heterocycles. The molecule has 1 atom stereocenters. The lowest BCUT2D eigenvalue weighted by Gasteiger charge is -2.15. The Morgan fingerprint density at radius 2 is 1.74 bits per heavy atom. The summed E-state index contributed by atoms with van der Waals surface area (Å²) in [6.07, 6.45) is -0.830. The van der Waals surface area contributed by atoms with Crippen molar-refractivity contribution in [1.29, 1.82) is 0 Å². The zero-order valence-corrected chi connectivity index (χ0v) is 15.8. The number of hydrogen-bond donors (Lipinski definition) is 2. The van der Waals surface area contributed by atoms with Gasteiger partial charge in [-0.25, -0.2) is 0 Å². The number of para-hydroxylation sites is 2. The highest BCUT2D eigenvalue weighted by Gasteiger charge is 2.16. The van der Waals surface area contributed by atoms with Gasteiger partial charge < -0.3 is 14.2 Å². The summed E-state index contributed by atoms with van der Waals surface area (Å²) in [5.41, 5.74) is 4.56. The van der Waals surface area contributed by atoms with Crippen molar-refractivity contribution in [1.82, 2.24) is 10.9 Å². The van der Waals surface area contributed by atoms with E-state index in [-0.39, 0.29) is 6.61 Å². The lowest BCUT2D eigenvalue weighted by Crippen LogP contribution is -2.48. The Labute approximate surface area is 162 Å². The average molecular weight is 393 g/mol. The predicted molar refractivity (Wildman–Crippen MR) is 101 cm³/mol. The van der Waals surface area contributed by atoms with Crippen molar-refractivity contribution in [3.63, 3.8) is 0 Å². The average Bonchev–Trinajstić information content (AvgIpc) is 2.65. The second-order valence-electron chi connectivity index (χ2n) is 5.42. The third-order valence-corrected chi connectivity index (χ3v) is 3.55. The molecule has 8 heteroatoms. The van der Waals surface area contributed by atoms with Crippen LogP contribution < -0.4 is 25.1 Å². The van der Waals surface area contributed by atoms with Crippen LogP contribution in [-0.2, 0) is 9.59 Å². The minimum Gasteiger partial charge on any atom is -0.490 e. The Hall–Kier alpha value is -2.93. The molecule has 27 heavy (non-hydrogen) atoms. The summed E-state index contributed by atoms with van der Waals surface area (Å²) >= 11 is 5.87. The molecule has 0 spiro atoms. The Morgan fingerprint density at radius 1 is 1.04 bits per heavy atom. The number of ether oxygens (including phenoxy) is 3. The fraction of sp³-hybridized carbons (Fsp3) is 0.263. The van der Waals surface area contributed by atoms with Crippen LogP contribution in [0.2, 0.25) is 5.02 Å². The summed E-state index contributed by atoms with van der Waals surface area (Å²) in [4.78, 5) is 23.9. The van der Waals surface area contributed by atoms with Crippen molar-refractivity contribution in [3.05, 3.63) is 53.6 Å². The van der Waals surface area contributed by atoms with E-state index in [1.54, 1.807) is 55.5 Å². The van der Waals surface area contributed by atoms with Crippen LogP contribution >= 0.6 is 11.6 Å². The van der Waals surface area contributed by atoms with Crippen LogP contribution in [0.4, 0.5) is 0 Å². The van der Waals surface area contributed by atoms with Gasteiger partial charge in [-0.1, -0.05) is 29.8 Å². The minimum absolute atomic E-state index is 0.284.